The van der Waals surface area contributed by atoms with Gasteiger partial charge in [0.1, 0.15) is 5.69 Å². The van der Waals surface area contributed by atoms with Gasteiger partial charge in [-0.15, -0.1) is 0 Å². The number of aryl methyl sites for hydroxylation is 1. The monoisotopic (exact) mass is 367 g/mol. The zero-order valence-electron chi connectivity index (χ0n) is 16.4. The Labute approximate surface area is 160 Å². The number of piperidine rings is 2. The largest absolute Gasteiger partial charge is 0.342 e. The molecule has 1 aromatic heterocycles. The summed E-state index contributed by atoms with van der Waals surface area (Å²) in [6.07, 6.45) is 3.79. The fourth-order valence-corrected chi connectivity index (χ4v) is 4.47. The second-order valence-corrected chi connectivity index (χ2v) is 8.22. The molecule has 2 saturated heterocycles. The van der Waals surface area contributed by atoms with Crippen molar-refractivity contribution in [1.82, 2.24) is 14.4 Å². The Kier molecular flexibility index (Phi) is 4.94. The Morgan fingerprint density at radius 1 is 0.926 bits per heavy atom. The molecule has 2 amide bonds. The van der Waals surface area contributed by atoms with Crippen molar-refractivity contribution < 1.29 is 9.59 Å². The van der Waals surface area contributed by atoms with Crippen LogP contribution in [0.3, 0.4) is 0 Å². The Hall–Kier alpha value is -2.30. The van der Waals surface area contributed by atoms with Gasteiger partial charge in [-0.25, -0.2) is 0 Å². The van der Waals surface area contributed by atoms with E-state index in [1.807, 2.05) is 51.7 Å². The number of hydrogen-bond donors (Lipinski definition) is 0. The van der Waals surface area contributed by atoms with Crippen LogP contribution in [-0.4, -0.2) is 52.4 Å². The Bertz CT molecular complexity index is 840. The molecule has 0 radical (unpaired) electrons. The van der Waals surface area contributed by atoms with E-state index in [2.05, 4.69) is 6.92 Å². The van der Waals surface area contributed by atoms with Crippen molar-refractivity contribution in [2.24, 2.45) is 18.9 Å². The highest BCUT2D eigenvalue weighted by Gasteiger charge is 2.32. The average Bonchev–Trinajstić information content (AvgIpc) is 3.04. The third-order valence-corrected chi connectivity index (χ3v) is 6.40. The van der Waals surface area contributed by atoms with Crippen molar-refractivity contribution in [2.75, 3.05) is 26.2 Å². The molecule has 0 N–H and O–H groups in total. The van der Waals surface area contributed by atoms with Crippen LogP contribution >= 0.6 is 0 Å². The topological polar surface area (TPSA) is 45.6 Å². The fraction of sp³-hybridized carbons (Fsp3) is 0.545. The summed E-state index contributed by atoms with van der Waals surface area (Å²) in [5, 5.41) is 1.09. The molecule has 2 aliphatic heterocycles. The normalized spacial score (nSPS) is 19.6. The number of nitrogens with zero attached hydrogens (tertiary/aromatic N) is 3. The van der Waals surface area contributed by atoms with Crippen molar-refractivity contribution in [3.05, 3.63) is 36.0 Å². The highest BCUT2D eigenvalue weighted by atomic mass is 16.2. The van der Waals surface area contributed by atoms with Gasteiger partial charge in [0.15, 0.2) is 0 Å². The SMILES string of the molecule is CC1CCN(C(=O)C2CCN(C(=O)c3cc4ccccc4n3C)CC2)CC1. The molecule has 2 aliphatic rings. The maximum absolute atomic E-state index is 13.0. The predicted molar refractivity (Wildman–Crippen MR) is 107 cm³/mol. The number of hydrogen-bond acceptors (Lipinski definition) is 2. The minimum absolute atomic E-state index is 0.0754. The lowest BCUT2D eigenvalue weighted by Crippen LogP contribution is -2.46. The molecule has 1 aromatic carbocycles. The van der Waals surface area contributed by atoms with E-state index in [-0.39, 0.29) is 11.8 Å². The maximum atomic E-state index is 13.0. The van der Waals surface area contributed by atoms with Crippen molar-refractivity contribution >= 4 is 22.7 Å². The number of carbonyl (C=O) groups is 2. The third kappa shape index (κ3) is 3.47. The first kappa shape index (κ1) is 18.1. The summed E-state index contributed by atoms with van der Waals surface area (Å²) in [6, 6.07) is 10.0. The number of aromatic nitrogens is 1. The molecule has 5 nitrogen and oxygen atoms in total. The van der Waals surface area contributed by atoms with Gasteiger partial charge in [0, 0.05) is 50.0 Å². The van der Waals surface area contributed by atoms with Gasteiger partial charge >= 0.3 is 0 Å². The molecular weight excluding hydrogens is 338 g/mol. The lowest BCUT2D eigenvalue weighted by Gasteiger charge is -2.36. The van der Waals surface area contributed by atoms with E-state index < -0.39 is 0 Å². The van der Waals surface area contributed by atoms with Gasteiger partial charge in [0.2, 0.25) is 5.91 Å². The number of para-hydroxylation sites is 1. The summed E-state index contributed by atoms with van der Waals surface area (Å²) in [4.78, 5) is 29.8. The minimum atomic E-state index is 0.0754. The molecule has 0 unspecified atom stereocenters. The third-order valence-electron chi connectivity index (χ3n) is 6.40. The van der Waals surface area contributed by atoms with E-state index in [0.29, 0.717) is 19.0 Å². The lowest BCUT2D eigenvalue weighted by atomic mass is 9.92. The summed E-state index contributed by atoms with van der Waals surface area (Å²) < 4.78 is 1.98. The summed E-state index contributed by atoms with van der Waals surface area (Å²) in [7, 11) is 1.95. The highest BCUT2D eigenvalue weighted by Crippen LogP contribution is 2.26. The van der Waals surface area contributed by atoms with Crippen LogP contribution < -0.4 is 0 Å². The molecule has 0 bridgehead atoms. The van der Waals surface area contributed by atoms with Gasteiger partial charge in [0.05, 0.1) is 0 Å². The minimum Gasteiger partial charge on any atom is -0.342 e. The van der Waals surface area contributed by atoms with E-state index >= 15 is 0 Å². The van der Waals surface area contributed by atoms with Crippen molar-refractivity contribution in [3.8, 4) is 0 Å². The van der Waals surface area contributed by atoms with Crippen LogP contribution in [0, 0.1) is 11.8 Å². The number of likely N-dealkylation sites (tertiary alicyclic amines) is 2. The van der Waals surface area contributed by atoms with Crippen LogP contribution in [0.25, 0.3) is 10.9 Å². The molecule has 3 heterocycles. The number of fused-ring (bicyclic) bond motifs is 1. The number of carbonyl (C=O) groups excluding carboxylic acids is 2. The van der Waals surface area contributed by atoms with Crippen molar-refractivity contribution in [2.45, 2.75) is 32.6 Å². The predicted octanol–water partition coefficient (Wildman–Crippen LogP) is 3.29. The summed E-state index contributed by atoms with van der Waals surface area (Å²) in [6.45, 7) is 5.39. The molecule has 0 spiro atoms. The smallest absolute Gasteiger partial charge is 0.270 e. The van der Waals surface area contributed by atoms with Gasteiger partial charge in [0.25, 0.3) is 5.91 Å². The van der Waals surface area contributed by atoms with Gasteiger partial charge in [-0.3, -0.25) is 9.59 Å². The van der Waals surface area contributed by atoms with Gasteiger partial charge in [-0.1, -0.05) is 25.1 Å². The standard InChI is InChI=1S/C22H29N3O2/c1-16-7-11-24(12-8-16)21(26)17-9-13-25(14-10-17)22(27)20-15-18-5-3-4-6-19(18)23(20)2/h3-6,15-17H,7-14H2,1-2H3. The van der Waals surface area contributed by atoms with Crippen LogP contribution in [0.2, 0.25) is 0 Å². The first-order chi connectivity index (χ1) is 13.0. The Morgan fingerprint density at radius 2 is 1.56 bits per heavy atom. The van der Waals surface area contributed by atoms with Gasteiger partial charge < -0.3 is 14.4 Å². The summed E-state index contributed by atoms with van der Waals surface area (Å²) in [5.74, 6) is 1.19. The number of amides is 2. The number of benzene rings is 1. The zero-order chi connectivity index (χ0) is 19.0. The van der Waals surface area contributed by atoms with E-state index in [4.69, 9.17) is 0 Å². The van der Waals surface area contributed by atoms with Crippen molar-refractivity contribution in [1.29, 1.82) is 0 Å². The molecule has 0 atom stereocenters. The van der Waals surface area contributed by atoms with Crippen LogP contribution in [0.4, 0.5) is 0 Å². The van der Waals surface area contributed by atoms with Crippen LogP contribution in [0.15, 0.2) is 30.3 Å². The van der Waals surface area contributed by atoms with E-state index in [0.717, 1.165) is 61.3 Å². The van der Waals surface area contributed by atoms with Crippen LogP contribution in [-0.2, 0) is 11.8 Å². The van der Waals surface area contributed by atoms with Gasteiger partial charge in [-0.05, 0) is 43.7 Å². The second-order valence-electron chi connectivity index (χ2n) is 8.22. The van der Waals surface area contributed by atoms with Crippen LogP contribution in [0.1, 0.15) is 43.1 Å². The summed E-state index contributed by atoms with van der Waals surface area (Å²) >= 11 is 0. The van der Waals surface area contributed by atoms with Crippen molar-refractivity contribution in [3.63, 3.8) is 0 Å². The van der Waals surface area contributed by atoms with E-state index in [1.54, 1.807) is 0 Å². The highest BCUT2D eigenvalue weighted by molar-refractivity contribution is 5.98. The van der Waals surface area contributed by atoms with Crippen LogP contribution in [0.5, 0.6) is 0 Å². The Morgan fingerprint density at radius 3 is 2.22 bits per heavy atom. The molecule has 0 saturated carbocycles. The van der Waals surface area contributed by atoms with E-state index in [9.17, 15) is 9.59 Å². The fourth-order valence-electron chi connectivity index (χ4n) is 4.47. The maximum Gasteiger partial charge on any atom is 0.270 e. The molecule has 144 valence electrons. The molecule has 2 aromatic rings. The number of rotatable bonds is 2. The molecule has 27 heavy (non-hydrogen) atoms. The zero-order valence-corrected chi connectivity index (χ0v) is 16.4. The average molecular weight is 367 g/mol. The molecular formula is C22H29N3O2. The second kappa shape index (κ2) is 7.37. The first-order valence-electron chi connectivity index (χ1n) is 10.2. The molecule has 4 rings (SSSR count). The lowest BCUT2D eigenvalue weighted by molar-refractivity contribution is -0.138. The first-order valence-corrected chi connectivity index (χ1v) is 10.2. The molecule has 5 heteroatoms. The molecule has 0 aliphatic carbocycles. The van der Waals surface area contributed by atoms with E-state index in [1.165, 1.54) is 0 Å². The summed E-state index contributed by atoms with van der Waals surface area (Å²) in [5.41, 5.74) is 1.80. The van der Waals surface area contributed by atoms with Gasteiger partial charge in [-0.2, -0.15) is 0 Å². The Balaban J connectivity index is 1.39. The quantitative estimate of drug-likeness (QED) is 0.818. The molecule has 2 fully saturated rings.